The molecule has 2 N–H and O–H groups in total. The SMILES string of the molecule is OC(CNc1nc(CN2CCOCC2)nc2sc3c(c12)CCCC3)Cc1ccccc1. The minimum Gasteiger partial charge on any atom is -0.391 e. The monoisotopic (exact) mass is 438 g/mol. The van der Waals surface area contributed by atoms with E-state index in [0.29, 0.717) is 13.0 Å². The van der Waals surface area contributed by atoms with E-state index < -0.39 is 6.10 Å². The van der Waals surface area contributed by atoms with Gasteiger partial charge in [-0.25, -0.2) is 9.97 Å². The predicted molar refractivity (Wildman–Crippen MR) is 125 cm³/mol. The van der Waals surface area contributed by atoms with Crippen molar-refractivity contribution in [1.29, 1.82) is 0 Å². The summed E-state index contributed by atoms with van der Waals surface area (Å²) in [5.41, 5.74) is 2.56. The molecule has 1 aliphatic heterocycles. The molecule has 3 aromatic rings. The summed E-state index contributed by atoms with van der Waals surface area (Å²) in [5, 5.41) is 15.3. The summed E-state index contributed by atoms with van der Waals surface area (Å²) in [7, 11) is 0. The molecule has 1 fully saturated rings. The summed E-state index contributed by atoms with van der Waals surface area (Å²) >= 11 is 1.83. The van der Waals surface area contributed by atoms with Crippen molar-refractivity contribution in [2.24, 2.45) is 0 Å². The third kappa shape index (κ3) is 4.90. The fourth-order valence-electron chi connectivity index (χ4n) is 4.53. The van der Waals surface area contributed by atoms with Crippen LogP contribution in [0.1, 0.15) is 34.7 Å². The van der Waals surface area contributed by atoms with E-state index in [9.17, 15) is 5.11 Å². The lowest BCUT2D eigenvalue weighted by Gasteiger charge is -2.26. The smallest absolute Gasteiger partial charge is 0.146 e. The van der Waals surface area contributed by atoms with Crippen molar-refractivity contribution in [3.8, 4) is 0 Å². The molecule has 3 heterocycles. The van der Waals surface area contributed by atoms with Gasteiger partial charge in [0.05, 0.1) is 31.2 Å². The molecule has 2 aromatic heterocycles. The van der Waals surface area contributed by atoms with Crippen LogP contribution in [-0.4, -0.2) is 58.9 Å². The van der Waals surface area contributed by atoms with E-state index in [0.717, 1.165) is 67.7 Å². The summed E-state index contributed by atoms with van der Waals surface area (Å²) in [6.45, 7) is 4.59. The van der Waals surface area contributed by atoms with E-state index in [4.69, 9.17) is 14.7 Å². The van der Waals surface area contributed by atoms with Crippen molar-refractivity contribution in [2.75, 3.05) is 38.2 Å². The number of benzene rings is 1. The van der Waals surface area contributed by atoms with Gasteiger partial charge < -0.3 is 15.2 Å². The fourth-order valence-corrected chi connectivity index (χ4v) is 5.81. The Morgan fingerprint density at radius 2 is 1.90 bits per heavy atom. The van der Waals surface area contributed by atoms with Crippen LogP contribution >= 0.6 is 11.3 Å². The van der Waals surface area contributed by atoms with Crippen LogP contribution in [0.4, 0.5) is 5.82 Å². The number of anilines is 1. The zero-order valence-corrected chi connectivity index (χ0v) is 18.7. The van der Waals surface area contributed by atoms with Crippen LogP contribution in [0.15, 0.2) is 30.3 Å². The lowest BCUT2D eigenvalue weighted by molar-refractivity contribution is 0.0331. The second kappa shape index (κ2) is 9.61. The van der Waals surface area contributed by atoms with Gasteiger partial charge in [-0.15, -0.1) is 11.3 Å². The first-order valence-corrected chi connectivity index (χ1v) is 12.1. The molecule has 1 atom stereocenters. The van der Waals surface area contributed by atoms with Crippen molar-refractivity contribution in [1.82, 2.24) is 14.9 Å². The van der Waals surface area contributed by atoms with Crippen LogP contribution in [0.25, 0.3) is 10.2 Å². The topological polar surface area (TPSA) is 70.5 Å². The quantitative estimate of drug-likeness (QED) is 0.589. The van der Waals surface area contributed by atoms with E-state index in [1.807, 2.05) is 29.5 Å². The molecule has 0 spiro atoms. The maximum Gasteiger partial charge on any atom is 0.146 e. The van der Waals surface area contributed by atoms with Crippen LogP contribution in [0.5, 0.6) is 0 Å². The third-order valence-electron chi connectivity index (χ3n) is 6.15. The van der Waals surface area contributed by atoms with Gasteiger partial charge in [-0.3, -0.25) is 4.90 Å². The number of nitrogens with zero attached hydrogens (tertiary/aromatic N) is 3. The Balaban J connectivity index is 1.39. The molecular formula is C24H30N4O2S. The van der Waals surface area contributed by atoms with E-state index in [1.165, 1.54) is 28.7 Å². The first kappa shape index (κ1) is 20.8. The molecule has 164 valence electrons. The van der Waals surface area contributed by atoms with Crippen molar-refractivity contribution in [3.05, 3.63) is 52.2 Å². The van der Waals surface area contributed by atoms with Crippen molar-refractivity contribution < 1.29 is 9.84 Å². The number of nitrogens with one attached hydrogen (secondary N) is 1. The molecule has 1 unspecified atom stereocenters. The molecule has 1 saturated heterocycles. The summed E-state index contributed by atoms with van der Waals surface area (Å²) in [6.07, 6.45) is 4.89. The van der Waals surface area contributed by atoms with Crippen LogP contribution in [0.2, 0.25) is 0 Å². The highest BCUT2D eigenvalue weighted by Crippen LogP contribution is 2.38. The Bertz CT molecular complexity index is 1020. The highest BCUT2D eigenvalue weighted by atomic mass is 32.1. The number of morpholine rings is 1. The van der Waals surface area contributed by atoms with Gasteiger partial charge in [-0.2, -0.15) is 0 Å². The highest BCUT2D eigenvalue weighted by molar-refractivity contribution is 7.19. The van der Waals surface area contributed by atoms with Crippen LogP contribution in [-0.2, 0) is 30.5 Å². The average Bonchev–Trinajstić information content (AvgIpc) is 3.17. The van der Waals surface area contributed by atoms with E-state index in [2.05, 4.69) is 22.3 Å². The van der Waals surface area contributed by atoms with Crippen molar-refractivity contribution in [3.63, 3.8) is 0 Å². The third-order valence-corrected chi connectivity index (χ3v) is 7.33. The van der Waals surface area contributed by atoms with Crippen molar-refractivity contribution in [2.45, 2.75) is 44.8 Å². The summed E-state index contributed by atoms with van der Waals surface area (Å²) in [6, 6.07) is 10.1. The maximum atomic E-state index is 10.6. The largest absolute Gasteiger partial charge is 0.391 e. The predicted octanol–water partition coefficient (Wildman–Crippen LogP) is 3.42. The Labute approximate surface area is 187 Å². The number of hydrogen-bond donors (Lipinski definition) is 2. The number of rotatable bonds is 7. The van der Waals surface area contributed by atoms with Gasteiger partial charge in [0.2, 0.25) is 0 Å². The van der Waals surface area contributed by atoms with Gasteiger partial charge in [0.1, 0.15) is 16.5 Å². The van der Waals surface area contributed by atoms with Crippen LogP contribution < -0.4 is 5.32 Å². The second-order valence-corrected chi connectivity index (χ2v) is 9.58. The normalized spacial score (nSPS) is 18.1. The number of ether oxygens (including phenoxy) is 1. The van der Waals surface area contributed by atoms with E-state index in [-0.39, 0.29) is 0 Å². The minimum atomic E-state index is -0.468. The van der Waals surface area contributed by atoms with E-state index in [1.54, 1.807) is 0 Å². The minimum absolute atomic E-state index is 0.468. The zero-order valence-electron chi connectivity index (χ0n) is 17.8. The highest BCUT2D eigenvalue weighted by Gasteiger charge is 2.22. The van der Waals surface area contributed by atoms with Gasteiger partial charge in [0.15, 0.2) is 0 Å². The molecule has 0 saturated carbocycles. The Hall–Kier alpha value is -2.06. The molecule has 31 heavy (non-hydrogen) atoms. The van der Waals surface area contributed by atoms with E-state index >= 15 is 0 Å². The number of aliphatic hydroxyl groups excluding tert-OH is 1. The number of aromatic nitrogens is 2. The Kier molecular flexibility index (Phi) is 6.45. The van der Waals surface area contributed by atoms with Gasteiger partial charge in [0, 0.05) is 30.9 Å². The Morgan fingerprint density at radius 3 is 2.74 bits per heavy atom. The molecule has 5 rings (SSSR count). The van der Waals surface area contributed by atoms with Crippen LogP contribution in [0, 0.1) is 0 Å². The lowest BCUT2D eigenvalue weighted by atomic mass is 9.97. The molecule has 0 bridgehead atoms. The summed E-state index contributed by atoms with van der Waals surface area (Å²) in [4.78, 5) is 14.8. The summed E-state index contributed by atoms with van der Waals surface area (Å²) in [5.74, 6) is 1.74. The van der Waals surface area contributed by atoms with Gasteiger partial charge >= 0.3 is 0 Å². The van der Waals surface area contributed by atoms with Gasteiger partial charge in [-0.05, 0) is 36.8 Å². The zero-order chi connectivity index (χ0) is 21.0. The molecule has 1 aliphatic carbocycles. The first-order valence-electron chi connectivity index (χ1n) is 11.3. The first-order chi connectivity index (χ1) is 15.3. The molecule has 0 amide bonds. The summed E-state index contributed by atoms with van der Waals surface area (Å²) < 4.78 is 5.48. The fraction of sp³-hybridized carbons (Fsp3) is 0.500. The van der Waals surface area contributed by atoms with Gasteiger partial charge in [0.25, 0.3) is 0 Å². The molecule has 1 aromatic carbocycles. The number of hydrogen-bond acceptors (Lipinski definition) is 7. The Morgan fingerprint density at radius 1 is 1.10 bits per heavy atom. The molecular weight excluding hydrogens is 408 g/mol. The number of fused-ring (bicyclic) bond motifs is 3. The molecule has 7 heteroatoms. The maximum absolute atomic E-state index is 10.6. The molecule has 0 radical (unpaired) electrons. The molecule has 2 aliphatic rings. The lowest BCUT2D eigenvalue weighted by Crippen LogP contribution is -2.36. The van der Waals surface area contributed by atoms with Crippen molar-refractivity contribution >= 4 is 27.4 Å². The second-order valence-electron chi connectivity index (χ2n) is 8.49. The van der Waals surface area contributed by atoms with Crippen LogP contribution in [0.3, 0.4) is 0 Å². The van der Waals surface area contributed by atoms with Gasteiger partial charge in [-0.1, -0.05) is 30.3 Å². The standard InChI is InChI=1S/C24H30N4O2S/c29-18(14-17-6-2-1-3-7-17)15-25-23-22-19-8-4-5-9-20(19)31-24(22)27-21(26-23)16-28-10-12-30-13-11-28/h1-3,6-7,18,29H,4-5,8-16H2,(H,25,26,27). The number of thiophene rings is 1. The number of aryl methyl sites for hydroxylation is 2. The average molecular weight is 439 g/mol. The number of aliphatic hydroxyl groups is 1. The molecule has 6 nitrogen and oxygen atoms in total.